The first-order valence-corrected chi connectivity index (χ1v) is 10.9. The first-order valence-electron chi connectivity index (χ1n) is 8.88. The van der Waals surface area contributed by atoms with E-state index in [1.165, 1.54) is 12.8 Å². The third kappa shape index (κ3) is 5.76. The molecule has 0 saturated carbocycles. The number of hydrogen-bond acceptors (Lipinski definition) is 4. The Balaban J connectivity index is 0.000000763. The predicted molar refractivity (Wildman–Crippen MR) is 93.3 cm³/mol. The van der Waals surface area contributed by atoms with Crippen molar-refractivity contribution in [3.05, 3.63) is 0 Å². The Morgan fingerprint density at radius 2 is 1.55 bits per heavy atom. The van der Waals surface area contributed by atoms with E-state index in [-0.39, 0.29) is 11.0 Å². The Morgan fingerprint density at radius 3 is 1.91 bits per heavy atom. The van der Waals surface area contributed by atoms with Gasteiger partial charge in [0.15, 0.2) is 0 Å². The van der Waals surface area contributed by atoms with Gasteiger partial charge in [0.05, 0.1) is 0 Å². The summed E-state index contributed by atoms with van der Waals surface area (Å²) in [4.78, 5) is 9.81. The average Bonchev–Trinajstić information content (AvgIpc) is 2.51. The molecule has 5 heteroatoms. The maximum atomic E-state index is 9.81. The molecule has 1 aliphatic rings. The summed E-state index contributed by atoms with van der Waals surface area (Å²) in [7, 11) is -2.21. The van der Waals surface area contributed by atoms with Crippen LogP contribution in [0.4, 0.5) is 0 Å². The highest BCUT2D eigenvalue weighted by Gasteiger charge is 2.58. The second-order valence-electron chi connectivity index (χ2n) is 5.66. The zero-order valence-electron chi connectivity index (χ0n) is 15.5. The molecule has 1 aliphatic heterocycles. The van der Waals surface area contributed by atoms with Crippen molar-refractivity contribution in [1.29, 1.82) is 0 Å². The second-order valence-corrected chi connectivity index (χ2v) is 9.16. The molecule has 0 bridgehead atoms. The monoisotopic (exact) mass is 332 g/mol. The molecule has 0 spiro atoms. The molecule has 1 saturated heterocycles. The highest BCUT2D eigenvalue weighted by atomic mass is 28.4. The molecule has 0 radical (unpaired) electrons. The van der Waals surface area contributed by atoms with E-state index in [2.05, 4.69) is 27.7 Å². The molecule has 1 fully saturated rings. The molecule has 1 atom stereocenters. The van der Waals surface area contributed by atoms with Gasteiger partial charge < -0.3 is 18.4 Å². The van der Waals surface area contributed by atoms with Gasteiger partial charge in [-0.1, -0.05) is 26.7 Å². The van der Waals surface area contributed by atoms with Crippen molar-refractivity contribution in [2.45, 2.75) is 84.9 Å². The zero-order chi connectivity index (χ0) is 17.1. The number of hydrogen-bond donors (Lipinski definition) is 0. The van der Waals surface area contributed by atoms with Crippen LogP contribution in [0.15, 0.2) is 0 Å². The van der Waals surface area contributed by atoms with Crippen molar-refractivity contribution in [3.63, 3.8) is 0 Å². The van der Waals surface area contributed by atoms with E-state index in [1.807, 2.05) is 6.92 Å². The van der Waals surface area contributed by atoms with Gasteiger partial charge in [-0.15, -0.1) is 0 Å². The minimum atomic E-state index is -2.21. The quantitative estimate of drug-likeness (QED) is 0.618. The molecular formula is C17H36O4Si. The molecule has 0 N–H and O–H groups in total. The molecule has 1 unspecified atom stereocenters. The summed E-state index contributed by atoms with van der Waals surface area (Å²) in [6.07, 6.45) is 5.24. The van der Waals surface area contributed by atoms with Crippen LogP contribution in [0.25, 0.3) is 0 Å². The van der Waals surface area contributed by atoms with Crippen LogP contribution in [0, 0.1) is 0 Å². The van der Waals surface area contributed by atoms with E-state index >= 15 is 0 Å². The van der Waals surface area contributed by atoms with Crippen LogP contribution in [0.3, 0.4) is 0 Å². The summed E-state index contributed by atoms with van der Waals surface area (Å²) in [5, 5.41) is -0.119. The lowest BCUT2D eigenvalue weighted by molar-refractivity contribution is -0.116. The van der Waals surface area contributed by atoms with Crippen LogP contribution < -0.4 is 0 Å². The number of rotatable bonds is 8. The summed E-state index contributed by atoms with van der Waals surface area (Å²) in [5.74, 6) is 0.255. The largest absolute Gasteiger partial charge is 0.393 e. The minimum absolute atomic E-state index is 0.119. The predicted octanol–water partition coefficient (Wildman–Crippen LogP) is 4.40. The molecule has 132 valence electrons. The Kier molecular flexibility index (Phi) is 11.2. The van der Waals surface area contributed by atoms with E-state index in [4.69, 9.17) is 13.6 Å². The van der Waals surface area contributed by atoms with Crippen LogP contribution in [-0.2, 0) is 18.4 Å². The summed E-state index contributed by atoms with van der Waals surface area (Å²) in [6.45, 7) is 14.1. The Morgan fingerprint density at radius 1 is 1.00 bits per heavy atom. The van der Waals surface area contributed by atoms with Crippen molar-refractivity contribution in [2.24, 2.45) is 0 Å². The second kappa shape index (κ2) is 11.3. The summed E-state index contributed by atoms with van der Waals surface area (Å²) >= 11 is 0. The first-order chi connectivity index (χ1) is 10.5. The summed E-state index contributed by atoms with van der Waals surface area (Å²) < 4.78 is 18.5. The van der Waals surface area contributed by atoms with Gasteiger partial charge in [0, 0.05) is 26.2 Å². The molecule has 0 aromatic carbocycles. The lowest BCUT2D eigenvalue weighted by Gasteiger charge is -2.49. The van der Waals surface area contributed by atoms with Crippen LogP contribution >= 0.6 is 0 Å². The lowest BCUT2D eigenvalue weighted by atomic mass is 10.1. The number of ketones is 1. The Bertz CT molecular complexity index is 294. The van der Waals surface area contributed by atoms with Crippen molar-refractivity contribution in [2.75, 3.05) is 19.8 Å². The van der Waals surface area contributed by atoms with Gasteiger partial charge in [-0.3, -0.25) is 0 Å². The third-order valence-corrected chi connectivity index (χ3v) is 8.93. The summed E-state index contributed by atoms with van der Waals surface area (Å²) in [6, 6.07) is 1.09. The van der Waals surface area contributed by atoms with E-state index in [0.717, 1.165) is 38.7 Å². The molecular weight excluding hydrogens is 296 g/mol. The topological polar surface area (TPSA) is 44.8 Å². The van der Waals surface area contributed by atoms with E-state index in [9.17, 15) is 4.79 Å². The summed E-state index contributed by atoms with van der Waals surface area (Å²) in [5.41, 5.74) is 0. The maximum absolute atomic E-state index is 9.81. The molecule has 1 heterocycles. The smallest absolute Gasteiger partial charge is 0.371 e. The molecule has 0 aromatic rings. The van der Waals surface area contributed by atoms with Gasteiger partial charge in [0.2, 0.25) is 0 Å². The third-order valence-electron chi connectivity index (χ3n) is 4.28. The number of ether oxygens (including phenoxy) is 1. The van der Waals surface area contributed by atoms with Gasteiger partial charge in [-0.05, 0) is 46.6 Å². The normalized spacial score (nSPS) is 23.5. The minimum Gasteiger partial charge on any atom is -0.393 e. The van der Waals surface area contributed by atoms with Gasteiger partial charge in [0.1, 0.15) is 11.0 Å². The number of carbonyl (C=O) groups is 1. The van der Waals surface area contributed by atoms with Gasteiger partial charge in [-0.2, -0.15) is 0 Å². The van der Waals surface area contributed by atoms with Crippen molar-refractivity contribution < 1.29 is 18.4 Å². The standard InChI is InChI=1S/C13H28O3Si.C4H8O/c1-5-13(14-6-2)11-9-10-12-17(13,15-7-3)16-8-4;1-3-4(2)5/h5-12H2,1-4H3;3H2,1-2H3. The Labute approximate surface area is 138 Å². The van der Waals surface area contributed by atoms with Crippen LogP contribution in [0.2, 0.25) is 6.04 Å². The van der Waals surface area contributed by atoms with Gasteiger partial charge >= 0.3 is 8.56 Å². The Hall–Kier alpha value is -0.233. The van der Waals surface area contributed by atoms with Crippen LogP contribution in [0.1, 0.15) is 73.6 Å². The molecule has 0 aromatic heterocycles. The number of carbonyl (C=O) groups excluding carboxylic acids is 1. The molecule has 4 nitrogen and oxygen atoms in total. The average molecular weight is 333 g/mol. The fourth-order valence-corrected chi connectivity index (χ4v) is 7.57. The molecule has 0 aliphatic carbocycles. The van der Waals surface area contributed by atoms with Crippen molar-refractivity contribution >= 4 is 14.3 Å². The highest BCUT2D eigenvalue weighted by Crippen LogP contribution is 2.42. The first kappa shape index (κ1) is 21.8. The molecule has 1 rings (SSSR count). The van der Waals surface area contributed by atoms with Crippen LogP contribution in [-0.4, -0.2) is 39.4 Å². The van der Waals surface area contributed by atoms with E-state index < -0.39 is 8.56 Å². The highest BCUT2D eigenvalue weighted by molar-refractivity contribution is 6.70. The SMILES string of the molecule is CCC(C)=O.CCOC1(CC)CCCC[Si]1(OCC)OCC. The molecule has 0 amide bonds. The number of Topliss-reactive ketones (excluding diaryl/α,β-unsaturated/α-hetero) is 1. The molecule has 22 heavy (non-hydrogen) atoms. The lowest BCUT2D eigenvalue weighted by Crippen LogP contribution is -2.65. The van der Waals surface area contributed by atoms with E-state index in [1.54, 1.807) is 6.92 Å². The van der Waals surface area contributed by atoms with Crippen molar-refractivity contribution in [3.8, 4) is 0 Å². The van der Waals surface area contributed by atoms with Crippen molar-refractivity contribution in [1.82, 2.24) is 0 Å². The van der Waals surface area contributed by atoms with Gasteiger partial charge in [-0.25, -0.2) is 0 Å². The fourth-order valence-electron chi connectivity index (χ4n) is 3.11. The van der Waals surface area contributed by atoms with Gasteiger partial charge in [0.25, 0.3) is 0 Å². The van der Waals surface area contributed by atoms with E-state index in [0.29, 0.717) is 6.42 Å². The maximum Gasteiger partial charge on any atom is 0.371 e. The van der Waals surface area contributed by atoms with Crippen LogP contribution in [0.5, 0.6) is 0 Å². The zero-order valence-corrected chi connectivity index (χ0v) is 16.5. The fraction of sp³-hybridized carbons (Fsp3) is 0.941.